The highest BCUT2D eigenvalue weighted by Gasteiger charge is 2.28. The lowest BCUT2D eigenvalue weighted by Crippen LogP contribution is -2.45. The summed E-state index contributed by atoms with van der Waals surface area (Å²) in [5, 5.41) is 11.0. The van der Waals surface area contributed by atoms with Gasteiger partial charge in [-0.05, 0) is 31.4 Å². The lowest BCUT2D eigenvalue weighted by Gasteiger charge is -2.34. The summed E-state index contributed by atoms with van der Waals surface area (Å²) in [7, 11) is 0. The first-order valence-corrected chi connectivity index (χ1v) is 7.40. The number of β-amino-alcohol motifs (C(OH)–C–C–N with tert-alkyl or cyclic N) is 1. The second-order valence-corrected chi connectivity index (χ2v) is 5.91. The Balaban J connectivity index is 1.96. The maximum Gasteiger partial charge on any atom is 0.256 e. The van der Waals surface area contributed by atoms with Crippen LogP contribution >= 0.6 is 0 Å². The van der Waals surface area contributed by atoms with Crippen LogP contribution in [0.5, 0.6) is 0 Å². The van der Waals surface area contributed by atoms with Crippen molar-refractivity contribution in [2.45, 2.75) is 26.4 Å². The molecule has 4 nitrogen and oxygen atoms in total. The molecule has 0 bridgehead atoms. The second kappa shape index (κ2) is 5.45. The Morgan fingerprint density at radius 3 is 2.90 bits per heavy atom. The highest BCUT2D eigenvalue weighted by molar-refractivity contribution is 6.05. The summed E-state index contributed by atoms with van der Waals surface area (Å²) in [6, 6.07) is 9.60. The first kappa shape index (κ1) is 14.0. The number of piperidine rings is 1. The third-order valence-corrected chi connectivity index (χ3v) is 4.30. The van der Waals surface area contributed by atoms with E-state index in [9.17, 15) is 9.90 Å². The third kappa shape index (κ3) is 2.63. The minimum absolute atomic E-state index is 0.0374. The number of fused-ring (bicyclic) bond motifs is 1. The van der Waals surface area contributed by atoms with Crippen LogP contribution in [0.3, 0.4) is 0 Å². The zero-order valence-corrected chi connectivity index (χ0v) is 12.4. The molecule has 2 unspecified atom stereocenters. The van der Waals surface area contributed by atoms with Gasteiger partial charge in [-0.25, -0.2) is 0 Å². The molecule has 2 aromatic rings. The molecule has 1 amide bonds. The van der Waals surface area contributed by atoms with Gasteiger partial charge in [-0.15, -0.1) is 0 Å². The Bertz CT molecular complexity index is 684. The second-order valence-electron chi connectivity index (χ2n) is 5.91. The number of nitrogens with zero attached hydrogens (tertiary/aromatic N) is 2. The van der Waals surface area contributed by atoms with Gasteiger partial charge in [0.25, 0.3) is 5.91 Å². The predicted molar refractivity (Wildman–Crippen MR) is 82.2 cm³/mol. The maximum absolute atomic E-state index is 12.8. The van der Waals surface area contributed by atoms with Crippen molar-refractivity contribution in [3.8, 4) is 0 Å². The molecular formula is C17H20N2O2. The summed E-state index contributed by atoms with van der Waals surface area (Å²) in [6.07, 6.45) is 0.400. The Kier molecular flexibility index (Phi) is 3.64. The lowest BCUT2D eigenvalue weighted by molar-refractivity contribution is 0.0249. The normalized spacial score (nSPS) is 22.5. The quantitative estimate of drug-likeness (QED) is 0.875. The van der Waals surface area contributed by atoms with E-state index in [1.54, 1.807) is 4.90 Å². The van der Waals surface area contributed by atoms with Crippen molar-refractivity contribution >= 4 is 16.8 Å². The van der Waals surface area contributed by atoms with Gasteiger partial charge in [0, 0.05) is 24.2 Å². The molecule has 0 spiro atoms. The molecule has 2 atom stereocenters. The van der Waals surface area contributed by atoms with Crippen molar-refractivity contribution in [1.29, 1.82) is 0 Å². The average Bonchev–Trinajstić information content (AvgIpc) is 2.48. The van der Waals surface area contributed by atoms with E-state index < -0.39 is 6.10 Å². The van der Waals surface area contributed by atoms with Gasteiger partial charge in [-0.2, -0.15) is 0 Å². The molecule has 0 radical (unpaired) electrons. The fourth-order valence-corrected chi connectivity index (χ4v) is 2.82. The number of para-hydroxylation sites is 1. The van der Waals surface area contributed by atoms with E-state index in [-0.39, 0.29) is 11.8 Å². The summed E-state index contributed by atoms with van der Waals surface area (Å²) in [5.41, 5.74) is 2.27. The molecule has 1 aromatic carbocycles. The van der Waals surface area contributed by atoms with E-state index in [2.05, 4.69) is 4.98 Å². The molecule has 4 heteroatoms. The molecule has 0 saturated carbocycles. The number of rotatable bonds is 1. The van der Waals surface area contributed by atoms with Gasteiger partial charge >= 0.3 is 0 Å². The number of carbonyl (C=O) groups excluding carboxylic acids is 1. The number of carbonyl (C=O) groups is 1. The number of pyridine rings is 1. The van der Waals surface area contributed by atoms with E-state index >= 15 is 0 Å². The standard InChI is InChI=1S/C17H20N2O2/c1-11-8-9-19(10-15(11)20)17(21)14-5-3-4-13-7-6-12(2)18-16(13)14/h3-7,11,15,20H,8-10H2,1-2H3. The number of amides is 1. The number of aryl methyl sites for hydroxylation is 1. The number of likely N-dealkylation sites (tertiary alicyclic amines) is 1. The van der Waals surface area contributed by atoms with Crippen LogP contribution in [0.2, 0.25) is 0 Å². The first-order valence-electron chi connectivity index (χ1n) is 7.40. The number of aliphatic hydroxyl groups excluding tert-OH is 1. The molecule has 1 aromatic heterocycles. The van der Waals surface area contributed by atoms with E-state index in [1.165, 1.54) is 0 Å². The van der Waals surface area contributed by atoms with Gasteiger partial charge < -0.3 is 10.0 Å². The topological polar surface area (TPSA) is 53.4 Å². The number of aromatic nitrogens is 1. The largest absolute Gasteiger partial charge is 0.391 e. The van der Waals surface area contributed by atoms with Gasteiger partial charge in [-0.1, -0.05) is 25.1 Å². The summed E-state index contributed by atoms with van der Waals surface area (Å²) in [6.45, 7) is 5.05. The van der Waals surface area contributed by atoms with Crippen LogP contribution in [-0.4, -0.2) is 40.1 Å². The molecule has 1 aliphatic heterocycles. The lowest BCUT2D eigenvalue weighted by atomic mass is 9.95. The summed E-state index contributed by atoms with van der Waals surface area (Å²) in [5.74, 6) is 0.214. The monoisotopic (exact) mass is 284 g/mol. The van der Waals surface area contributed by atoms with Gasteiger partial charge in [0.1, 0.15) is 0 Å². The van der Waals surface area contributed by atoms with Crippen LogP contribution in [0.4, 0.5) is 0 Å². The van der Waals surface area contributed by atoms with Crippen molar-refractivity contribution in [3.63, 3.8) is 0 Å². The van der Waals surface area contributed by atoms with Gasteiger partial charge in [0.15, 0.2) is 0 Å². The predicted octanol–water partition coefficient (Wildman–Crippen LogP) is 2.39. The Labute approximate surface area is 124 Å². The molecule has 1 fully saturated rings. The maximum atomic E-state index is 12.8. The summed E-state index contributed by atoms with van der Waals surface area (Å²) in [4.78, 5) is 19.0. The smallest absolute Gasteiger partial charge is 0.256 e. The minimum Gasteiger partial charge on any atom is -0.391 e. The third-order valence-electron chi connectivity index (χ3n) is 4.30. The van der Waals surface area contributed by atoms with Crippen molar-refractivity contribution in [2.24, 2.45) is 5.92 Å². The van der Waals surface area contributed by atoms with E-state index in [1.807, 2.05) is 44.2 Å². The average molecular weight is 284 g/mol. The molecule has 1 saturated heterocycles. The number of hydrogen-bond donors (Lipinski definition) is 1. The van der Waals surface area contributed by atoms with Gasteiger partial charge in [0.2, 0.25) is 0 Å². The van der Waals surface area contributed by atoms with Crippen molar-refractivity contribution in [2.75, 3.05) is 13.1 Å². The van der Waals surface area contributed by atoms with Crippen LogP contribution in [0.1, 0.15) is 29.4 Å². The summed E-state index contributed by atoms with van der Waals surface area (Å²) < 4.78 is 0. The molecule has 2 heterocycles. The van der Waals surface area contributed by atoms with Crippen LogP contribution in [-0.2, 0) is 0 Å². The van der Waals surface area contributed by atoms with Crippen molar-refractivity contribution in [3.05, 3.63) is 41.6 Å². The molecular weight excluding hydrogens is 264 g/mol. The highest BCUT2D eigenvalue weighted by atomic mass is 16.3. The Morgan fingerprint density at radius 2 is 2.14 bits per heavy atom. The number of hydrogen-bond acceptors (Lipinski definition) is 3. The van der Waals surface area contributed by atoms with Crippen LogP contribution in [0, 0.1) is 12.8 Å². The molecule has 3 rings (SSSR count). The van der Waals surface area contributed by atoms with E-state index in [4.69, 9.17) is 0 Å². The minimum atomic E-state index is -0.438. The van der Waals surface area contributed by atoms with E-state index in [0.717, 1.165) is 23.0 Å². The molecule has 1 aliphatic rings. The Hall–Kier alpha value is -1.94. The molecule has 1 N–H and O–H groups in total. The van der Waals surface area contributed by atoms with Gasteiger partial charge in [0.05, 0.1) is 17.2 Å². The van der Waals surface area contributed by atoms with Crippen LogP contribution in [0.25, 0.3) is 10.9 Å². The fraction of sp³-hybridized carbons (Fsp3) is 0.412. The number of aliphatic hydroxyl groups is 1. The van der Waals surface area contributed by atoms with Crippen LogP contribution in [0.15, 0.2) is 30.3 Å². The van der Waals surface area contributed by atoms with Crippen LogP contribution < -0.4 is 0 Å². The zero-order chi connectivity index (χ0) is 15.0. The number of benzene rings is 1. The van der Waals surface area contributed by atoms with Crippen molar-refractivity contribution in [1.82, 2.24) is 9.88 Å². The zero-order valence-electron chi connectivity index (χ0n) is 12.4. The molecule has 110 valence electrons. The molecule has 0 aliphatic carbocycles. The molecule has 21 heavy (non-hydrogen) atoms. The summed E-state index contributed by atoms with van der Waals surface area (Å²) >= 11 is 0. The SMILES string of the molecule is Cc1ccc2cccc(C(=O)N3CCC(C)C(O)C3)c2n1. The van der Waals surface area contributed by atoms with Gasteiger partial charge in [-0.3, -0.25) is 9.78 Å². The fourth-order valence-electron chi connectivity index (χ4n) is 2.82. The first-order chi connectivity index (χ1) is 10.1. The highest BCUT2D eigenvalue weighted by Crippen LogP contribution is 2.22. The Morgan fingerprint density at radius 1 is 1.33 bits per heavy atom. The van der Waals surface area contributed by atoms with Crippen molar-refractivity contribution < 1.29 is 9.90 Å². The van der Waals surface area contributed by atoms with E-state index in [0.29, 0.717) is 18.7 Å².